The van der Waals surface area contributed by atoms with Crippen LogP contribution in [-0.4, -0.2) is 26.7 Å². The van der Waals surface area contributed by atoms with Crippen molar-refractivity contribution in [3.05, 3.63) is 17.7 Å². The van der Waals surface area contributed by atoms with Crippen LogP contribution in [0.4, 0.5) is 5.69 Å². The number of amides is 1. The van der Waals surface area contributed by atoms with Crippen molar-refractivity contribution in [2.45, 2.75) is 20.8 Å². The first kappa shape index (κ1) is 16.3. The van der Waals surface area contributed by atoms with Gasteiger partial charge in [0.25, 0.3) is 0 Å². The lowest BCUT2D eigenvalue weighted by Gasteiger charge is -2.20. The normalized spacial score (nSPS) is 12.2. The van der Waals surface area contributed by atoms with Crippen LogP contribution in [0.15, 0.2) is 12.1 Å². The lowest BCUT2D eigenvalue weighted by molar-refractivity contribution is -0.120. The third kappa shape index (κ3) is 3.63. The van der Waals surface area contributed by atoms with Gasteiger partial charge in [-0.1, -0.05) is 13.8 Å². The molecule has 0 aliphatic heterocycles. The van der Waals surface area contributed by atoms with Crippen LogP contribution in [0, 0.1) is 18.8 Å². The fourth-order valence-electron chi connectivity index (χ4n) is 2.02. The molecule has 5 heteroatoms. The number of rotatable bonds is 6. The molecule has 112 valence electrons. The molecule has 0 aliphatic carbocycles. The predicted octanol–water partition coefficient (Wildman–Crippen LogP) is 2.18. The summed E-state index contributed by atoms with van der Waals surface area (Å²) in [5.74, 6) is 1.14. The zero-order chi connectivity index (χ0) is 15.3. The Morgan fingerprint density at radius 2 is 1.80 bits per heavy atom. The highest BCUT2D eigenvalue weighted by Crippen LogP contribution is 2.33. The van der Waals surface area contributed by atoms with Crippen molar-refractivity contribution in [3.63, 3.8) is 0 Å². The third-order valence-electron chi connectivity index (χ3n) is 3.38. The van der Waals surface area contributed by atoms with Crippen LogP contribution in [0.1, 0.15) is 19.4 Å². The highest BCUT2D eigenvalue weighted by atomic mass is 16.5. The van der Waals surface area contributed by atoms with E-state index in [0.717, 1.165) is 5.56 Å². The minimum atomic E-state index is -0.206. The van der Waals surface area contributed by atoms with E-state index in [-0.39, 0.29) is 17.7 Å². The summed E-state index contributed by atoms with van der Waals surface area (Å²) in [6, 6.07) is 3.60. The molecule has 0 saturated carbocycles. The minimum Gasteiger partial charge on any atom is -0.493 e. The van der Waals surface area contributed by atoms with Crippen molar-refractivity contribution < 1.29 is 14.3 Å². The van der Waals surface area contributed by atoms with Crippen molar-refractivity contribution in [1.82, 2.24) is 0 Å². The van der Waals surface area contributed by atoms with Gasteiger partial charge in [0.2, 0.25) is 5.91 Å². The number of nitrogens with one attached hydrogen (secondary N) is 1. The molecule has 1 amide bonds. The lowest BCUT2D eigenvalue weighted by atomic mass is 9.95. The Morgan fingerprint density at radius 1 is 1.25 bits per heavy atom. The Hall–Kier alpha value is -1.75. The van der Waals surface area contributed by atoms with E-state index in [1.54, 1.807) is 20.3 Å². The maximum Gasteiger partial charge on any atom is 0.229 e. The number of nitrogens with two attached hydrogens (primary N) is 1. The average Bonchev–Trinajstić information content (AvgIpc) is 2.40. The summed E-state index contributed by atoms with van der Waals surface area (Å²) in [5, 5.41) is 2.91. The molecule has 0 aromatic heterocycles. The van der Waals surface area contributed by atoms with Gasteiger partial charge in [-0.05, 0) is 24.5 Å². The fourth-order valence-corrected chi connectivity index (χ4v) is 2.02. The summed E-state index contributed by atoms with van der Waals surface area (Å²) in [6.07, 6.45) is 0. The number of benzene rings is 1. The van der Waals surface area contributed by atoms with Gasteiger partial charge >= 0.3 is 0 Å². The molecule has 0 fully saturated rings. The van der Waals surface area contributed by atoms with E-state index in [0.29, 0.717) is 23.7 Å². The second-order valence-corrected chi connectivity index (χ2v) is 5.10. The molecule has 20 heavy (non-hydrogen) atoms. The van der Waals surface area contributed by atoms with Gasteiger partial charge in [-0.3, -0.25) is 4.79 Å². The highest BCUT2D eigenvalue weighted by Gasteiger charge is 2.21. The van der Waals surface area contributed by atoms with Gasteiger partial charge in [0.05, 0.1) is 20.1 Å². The van der Waals surface area contributed by atoms with Gasteiger partial charge in [-0.15, -0.1) is 0 Å². The number of hydrogen-bond donors (Lipinski definition) is 2. The van der Waals surface area contributed by atoms with Crippen LogP contribution in [0.25, 0.3) is 0 Å². The van der Waals surface area contributed by atoms with Gasteiger partial charge in [0, 0.05) is 18.3 Å². The summed E-state index contributed by atoms with van der Waals surface area (Å²) in [4.78, 5) is 12.2. The van der Waals surface area contributed by atoms with Crippen LogP contribution in [0.2, 0.25) is 0 Å². The van der Waals surface area contributed by atoms with Crippen LogP contribution in [-0.2, 0) is 4.79 Å². The van der Waals surface area contributed by atoms with E-state index in [4.69, 9.17) is 15.2 Å². The van der Waals surface area contributed by atoms with E-state index in [1.807, 2.05) is 26.8 Å². The van der Waals surface area contributed by atoms with E-state index in [2.05, 4.69) is 5.32 Å². The van der Waals surface area contributed by atoms with E-state index < -0.39 is 0 Å². The highest BCUT2D eigenvalue weighted by molar-refractivity contribution is 5.94. The van der Waals surface area contributed by atoms with Crippen molar-refractivity contribution in [1.29, 1.82) is 0 Å². The Kier molecular flexibility index (Phi) is 5.82. The fraction of sp³-hybridized carbons (Fsp3) is 0.533. The quantitative estimate of drug-likeness (QED) is 0.837. The van der Waals surface area contributed by atoms with Crippen LogP contribution < -0.4 is 20.5 Å². The maximum absolute atomic E-state index is 12.2. The maximum atomic E-state index is 12.2. The SMILES string of the molecule is COc1cc(C)c(NC(=O)C(CN)C(C)C)cc1OC. The number of aryl methyl sites for hydroxylation is 1. The van der Waals surface area contributed by atoms with E-state index >= 15 is 0 Å². The Bertz CT molecular complexity index is 472. The topological polar surface area (TPSA) is 73.6 Å². The number of ether oxygens (including phenoxy) is 2. The summed E-state index contributed by atoms with van der Waals surface area (Å²) >= 11 is 0. The molecular formula is C15H24N2O3. The molecule has 3 N–H and O–H groups in total. The smallest absolute Gasteiger partial charge is 0.229 e. The summed E-state index contributed by atoms with van der Waals surface area (Å²) in [6.45, 7) is 6.21. The van der Waals surface area contributed by atoms with Gasteiger partial charge in [-0.25, -0.2) is 0 Å². The number of methoxy groups -OCH3 is 2. The van der Waals surface area contributed by atoms with Crippen LogP contribution in [0.3, 0.4) is 0 Å². The molecule has 0 radical (unpaired) electrons. The molecule has 1 unspecified atom stereocenters. The minimum absolute atomic E-state index is 0.0715. The van der Waals surface area contributed by atoms with Crippen LogP contribution >= 0.6 is 0 Å². The molecule has 1 aromatic carbocycles. The Morgan fingerprint density at radius 3 is 2.25 bits per heavy atom. The zero-order valence-electron chi connectivity index (χ0n) is 12.8. The molecule has 0 bridgehead atoms. The predicted molar refractivity (Wildman–Crippen MR) is 80.3 cm³/mol. The van der Waals surface area contributed by atoms with Gasteiger partial charge < -0.3 is 20.5 Å². The Balaban J connectivity index is 3.00. The molecule has 0 spiro atoms. The van der Waals surface area contributed by atoms with Gasteiger partial charge in [0.1, 0.15) is 0 Å². The number of hydrogen-bond acceptors (Lipinski definition) is 4. The first-order valence-electron chi connectivity index (χ1n) is 6.68. The van der Waals surface area contributed by atoms with Crippen molar-refractivity contribution in [2.24, 2.45) is 17.6 Å². The first-order valence-corrected chi connectivity index (χ1v) is 6.68. The van der Waals surface area contributed by atoms with Gasteiger partial charge in [-0.2, -0.15) is 0 Å². The monoisotopic (exact) mass is 280 g/mol. The van der Waals surface area contributed by atoms with Crippen molar-refractivity contribution in [2.75, 3.05) is 26.1 Å². The number of anilines is 1. The number of carbonyl (C=O) groups excluding carboxylic acids is 1. The molecule has 5 nitrogen and oxygen atoms in total. The molecule has 1 rings (SSSR count). The first-order chi connectivity index (χ1) is 9.44. The molecule has 0 saturated heterocycles. The van der Waals surface area contributed by atoms with E-state index in [1.165, 1.54) is 0 Å². The summed E-state index contributed by atoms with van der Waals surface area (Å²) in [7, 11) is 3.15. The summed E-state index contributed by atoms with van der Waals surface area (Å²) in [5.41, 5.74) is 7.29. The van der Waals surface area contributed by atoms with Crippen molar-refractivity contribution in [3.8, 4) is 11.5 Å². The summed E-state index contributed by atoms with van der Waals surface area (Å²) < 4.78 is 10.5. The third-order valence-corrected chi connectivity index (χ3v) is 3.38. The zero-order valence-corrected chi connectivity index (χ0v) is 12.8. The molecule has 0 heterocycles. The second-order valence-electron chi connectivity index (χ2n) is 5.10. The largest absolute Gasteiger partial charge is 0.493 e. The average molecular weight is 280 g/mol. The lowest BCUT2D eigenvalue weighted by Crippen LogP contribution is -2.33. The molecule has 1 aromatic rings. The number of carbonyl (C=O) groups is 1. The van der Waals surface area contributed by atoms with Gasteiger partial charge in [0.15, 0.2) is 11.5 Å². The molecular weight excluding hydrogens is 256 g/mol. The van der Waals surface area contributed by atoms with Crippen molar-refractivity contribution >= 4 is 11.6 Å². The molecule has 0 aliphatic rings. The van der Waals surface area contributed by atoms with E-state index in [9.17, 15) is 4.79 Å². The Labute approximate surface area is 120 Å². The standard InChI is InChI=1S/C15H24N2O3/c1-9(2)11(8-16)15(18)17-12-7-14(20-5)13(19-4)6-10(12)3/h6-7,9,11H,8,16H2,1-5H3,(H,17,18). The molecule has 1 atom stereocenters. The van der Waals surface area contributed by atoms with Crippen LogP contribution in [0.5, 0.6) is 11.5 Å². The second kappa shape index (κ2) is 7.14.